The van der Waals surface area contributed by atoms with Gasteiger partial charge in [0.05, 0.1) is 5.56 Å². The van der Waals surface area contributed by atoms with Crippen molar-refractivity contribution in [2.24, 2.45) is 0 Å². The molecule has 3 rings (SSSR count). The van der Waals surface area contributed by atoms with Crippen LogP contribution < -0.4 is 5.73 Å². The van der Waals surface area contributed by atoms with Crippen molar-refractivity contribution in [2.45, 2.75) is 18.3 Å². The fourth-order valence-electron chi connectivity index (χ4n) is 2.37. The second kappa shape index (κ2) is 5.00. The molecule has 0 spiro atoms. The van der Waals surface area contributed by atoms with Gasteiger partial charge in [0, 0.05) is 11.1 Å². The predicted molar refractivity (Wildman–Crippen MR) is 78.5 cm³/mol. The number of hydrogen-bond donors (Lipinski definition) is 1. The van der Waals surface area contributed by atoms with Crippen LogP contribution in [0.3, 0.4) is 0 Å². The van der Waals surface area contributed by atoms with Gasteiger partial charge in [-0.25, -0.2) is 4.79 Å². The lowest BCUT2D eigenvalue weighted by Gasteiger charge is -2.15. The average Bonchev–Trinajstić information content (AvgIpc) is 3.28. The quantitative estimate of drug-likeness (QED) is 0.684. The van der Waals surface area contributed by atoms with Crippen LogP contribution in [0, 0.1) is 0 Å². The molecule has 0 amide bonds. The van der Waals surface area contributed by atoms with Crippen molar-refractivity contribution in [1.82, 2.24) is 0 Å². The fraction of sp³-hybridized carbons (Fsp3) is 0.235. The third-order valence-corrected chi connectivity index (χ3v) is 3.87. The van der Waals surface area contributed by atoms with Crippen LogP contribution in [0.1, 0.15) is 28.8 Å². The number of nitrogen functional groups attached to an aromatic ring is 1. The molecule has 0 aliphatic heterocycles. The van der Waals surface area contributed by atoms with Gasteiger partial charge in [0.2, 0.25) is 0 Å². The van der Waals surface area contributed by atoms with Crippen molar-refractivity contribution in [2.75, 3.05) is 12.3 Å². The van der Waals surface area contributed by atoms with E-state index in [1.54, 1.807) is 24.3 Å². The molecule has 1 fully saturated rings. The van der Waals surface area contributed by atoms with Crippen LogP contribution >= 0.6 is 0 Å². The molecule has 3 heteroatoms. The standard InChI is InChI=1S/C17H17NO2/c18-15-8-6-13(7-9-15)16(19)20-12-17(10-11-17)14-4-2-1-3-5-14/h1-9H,10-12,18H2. The second-order valence-electron chi connectivity index (χ2n) is 5.34. The molecule has 3 nitrogen and oxygen atoms in total. The number of benzene rings is 2. The zero-order chi connectivity index (χ0) is 14.0. The Labute approximate surface area is 118 Å². The van der Waals surface area contributed by atoms with Gasteiger partial charge in [-0.05, 0) is 42.7 Å². The van der Waals surface area contributed by atoms with E-state index in [0.29, 0.717) is 17.9 Å². The SMILES string of the molecule is Nc1ccc(C(=O)OCC2(c3ccccc3)CC2)cc1. The van der Waals surface area contributed by atoms with Gasteiger partial charge in [0.1, 0.15) is 6.61 Å². The first-order valence-electron chi connectivity index (χ1n) is 6.78. The Kier molecular flexibility index (Phi) is 3.18. The molecule has 102 valence electrons. The lowest BCUT2D eigenvalue weighted by molar-refractivity contribution is 0.0465. The van der Waals surface area contributed by atoms with Crippen molar-refractivity contribution in [3.05, 3.63) is 65.7 Å². The topological polar surface area (TPSA) is 52.3 Å². The van der Waals surface area contributed by atoms with Gasteiger partial charge >= 0.3 is 5.97 Å². The first kappa shape index (κ1) is 12.7. The van der Waals surface area contributed by atoms with Crippen LogP contribution in [0.15, 0.2) is 54.6 Å². The molecule has 0 heterocycles. The molecule has 0 atom stereocenters. The van der Waals surface area contributed by atoms with E-state index in [0.717, 1.165) is 12.8 Å². The molecule has 2 aromatic carbocycles. The van der Waals surface area contributed by atoms with Gasteiger partial charge in [0.15, 0.2) is 0 Å². The zero-order valence-corrected chi connectivity index (χ0v) is 11.2. The lowest BCUT2D eigenvalue weighted by atomic mass is 9.97. The summed E-state index contributed by atoms with van der Waals surface area (Å²) in [6, 6.07) is 17.1. The number of anilines is 1. The first-order chi connectivity index (χ1) is 9.70. The minimum atomic E-state index is -0.285. The van der Waals surface area contributed by atoms with E-state index in [1.807, 2.05) is 18.2 Å². The zero-order valence-electron chi connectivity index (χ0n) is 11.2. The van der Waals surface area contributed by atoms with Crippen molar-refractivity contribution in [3.8, 4) is 0 Å². The van der Waals surface area contributed by atoms with E-state index >= 15 is 0 Å². The van der Waals surface area contributed by atoms with Crippen molar-refractivity contribution < 1.29 is 9.53 Å². The van der Waals surface area contributed by atoms with Gasteiger partial charge in [0.25, 0.3) is 0 Å². The number of rotatable bonds is 4. The molecule has 20 heavy (non-hydrogen) atoms. The molecular weight excluding hydrogens is 250 g/mol. The molecule has 0 bridgehead atoms. The van der Waals surface area contributed by atoms with Crippen LogP contribution in [-0.2, 0) is 10.2 Å². The Hall–Kier alpha value is -2.29. The van der Waals surface area contributed by atoms with Gasteiger partial charge in [-0.3, -0.25) is 0 Å². The number of esters is 1. The molecule has 0 saturated heterocycles. The van der Waals surface area contributed by atoms with E-state index in [-0.39, 0.29) is 11.4 Å². The summed E-state index contributed by atoms with van der Waals surface area (Å²) in [5, 5.41) is 0. The van der Waals surface area contributed by atoms with Gasteiger partial charge in [-0.2, -0.15) is 0 Å². The van der Waals surface area contributed by atoms with Crippen LogP contribution in [0.5, 0.6) is 0 Å². The first-order valence-corrected chi connectivity index (χ1v) is 6.78. The van der Waals surface area contributed by atoms with E-state index in [1.165, 1.54) is 5.56 Å². The second-order valence-corrected chi connectivity index (χ2v) is 5.34. The summed E-state index contributed by atoms with van der Waals surface area (Å²) in [4.78, 5) is 12.0. The summed E-state index contributed by atoms with van der Waals surface area (Å²) in [5.41, 5.74) is 8.08. The molecular formula is C17H17NO2. The van der Waals surface area contributed by atoms with Crippen molar-refractivity contribution >= 4 is 11.7 Å². The van der Waals surface area contributed by atoms with E-state index in [2.05, 4.69) is 12.1 Å². The smallest absolute Gasteiger partial charge is 0.338 e. The maximum Gasteiger partial charge on any atom is 0.338 e. The lowest BCUT2D eigenvalue weighted by Crippen LogP contribution is -2.18. The molecule has 0 unspecified atom stereocenters. The maximum absolute atomic E-state index is 12.0. The molecule has 0 radical (unpaired) electrons. The Morgan fingerprint density at radius 2 is 1.70 bits per heavy atom. The number of ether oxygens (including phenoxy) is 1. The Balaban J connectivity index is 1.65. The molecule has 0 aromatic heterocycles. The van der Waals surface area contributed by atoms with Gasteiger partial charge in [-0.15, -0.1) is 0 Å². The molecule has 1 aliphatic carbocycles. The summed E-state index contributed by atoms with van der Waals surface area (Å²) in [5.74, 6) is -0.285. The summed E-state index contributed by atoms with van der Waals surface area (Å²) in [7, 11) is 0. The predicted octanol–water partition coefficient (Wildman–Crippen LogP) is 3.16. The number of carbonyl (C=O) groups is 1. The highest BCUT2D eigenvalue weighted by molar-refractivity contribution is 5.89. The van der Waals surface area contributed by atoms with Crippen molar-refractivity contribution in [3.63, 3.8) is 0 Å². The Bertz CT molecular complexity index is 601. The normalized spacial score (nSPS) is 15.6. The minimum Gasteiger partial charge on any atom is -0.461 e. The van der Waals surface area contributed by atoms with Crippen LogP contribution in [0.2, 0.25) is 0 Å². The summed E-state index contributed by atoms with van der Waals surface area (Å²) in [6.45, 7) is 0.445. The molecule has 1 saturated carbocycles. The number of hydrogen-bond acceptors (Lipinski definition) is 3. The average molecular weight is 267 g/mol. The largest absolute Gasteiger partial charge is 0.461 e. The summed E-state index contributed by atoms with van der Waals surface area (Å²) in [6.07, 6.45) is 2.15. The van der Waals surface area contributed by atoms with Crippen LogP contribution in [-0.4, -0.2) is 12.6 Å². The highest BCUT2D eigenvalue weighted by atomic mass is 16.5. The molecule has 2 N–H and O–H groups in total. The summed E-state index contributed by atoms with van der Waals surface area (Å²) < 4.78 is 5.47. The highest BCUT2D eigenvalue weighted by Crippen LogP contribution is 2.48. The minimum absolute atomic E-state index is 0.0325. The van der Waals surface area contributed by atoms with Crippen LogP contribution in [0.25, 0.3) is 0 Å². The summed E-state index contributed by atoms with van der Waals surface area (Å²) >= 11 is 0. The monoisotopic (exact) mass is 267 g/mol. The van der Waals surface area contributed by atoms with E-state index in [9.17, 15) is 4.79 Å². The molecule has 1 aliphatic rings. The van der Waals surface area contributed by atoms with E-state index in [4.69, 9.17) is 10.5 Å². The Morgan fingerprint density at radius 3 is 2.30 bits per heavy atom. The van der Waals surface area contributed by atoms with Gasteiger partial charge < -0.3 is 10.5 Å². The number of nitrogens with two attached hydrogens (primary N) is 1. The third kappa shape index (κ3) is 2.52. The highest BCUT2D eigenvalue weighted by Gasteiger charge is 2.45. The number of carbonyl (C=O) groups excluding carboxylic acids is 1. The third-order valence-electron chi connectivity index (χ3n) is 3.87. The van der Waals surface area contributed by atoms with Crippen LogP contribution in [0.4, 0.5) is 5.69 Å². The molecule has 2 aromatic rings. The van der Waals surface area contributed by atoms with Gasteiger partial charge in [-0.1, -0.05) is 30.3 Å². The fourth-order valence-corrected chi connectivity index (χ4v) is 2.37. The van der Waals surface area contributed by atoms with E-state index < -0.39 is 0 Å². The van der Waals surface area contributed by atoms with Crippen molar-refractivity contribution in [1.29, 1.82) is 0 Å². The maximum atomic E-state index is 12.0. The Morgan fingerprint density at radius 1 is 1.05 bits per heavy atom.